The second kappa shape index (κ2) is 6.19. The van der Waals surface area contributed by atoms with E-state index in [-0.39, 0.29) is 6.54 Å². The molecular formula is C12H22N2O4S. The van der Waals surface area contributed by atoms with Gasteiger partial charge in [-0.25, -0.2) is 4.72 Å². The van der Waals surface area contributed by atoms with E-state index in [0.29, 0.717) is 31.8 Å². The number of piperidine rings is 1. The van der Waals surface area contributed by atoms with Crippen LogP contribution < -0.4 is 4.72 Å². The summed E-state index contributed by atoms with van der Waals surface area (Å²) in [6.07, 6.45) is 5.69. The summed E-state index contributed by atoms with van der Waals surface area (Å²) in [5.74, 6) is -1.04. The number of carboxylic acids is 1. The van der Waals surface area contributed by atoms with Crippen LogP contribution in [0.1, 0.15) is 38.5 Å². The van der Waals surface area contributed by atoms with Gasteiger partial charge in [0.25, 0.3) is 10.2 Å². The molecule has 0 amide bonds. The molecule has 110 valence electrons. The van der Waals surface area contributed by atoms with E-state index in [4.69, 9.17) is 5.11 Å². The van der Waals surface area contributed by atoms with Crippen LogP contribution in [0, 0.1) is 11.8 Å². The van der Waals surface area contributed by atoms with E-state index < -0.39 is 22.1 Å². The van der Waals surface area contributed by atoms with Crippen LogP contribution in [0.3, 0.4) is 0 Å². The monoisotopic (exact) mass is 290 g/mol. The Balaban J connectivity index is 1.88. The Morgan fingerprint density at radius 1 is 1.21 bits per heavy atom. The number of nitrogens with one attached hydrogen (secondary N) is 1. The SMILES string of the molecule is O=C(O)C1CCCN(S(=O)(=O)NCC2CCCC2)C1. The maximum atomic E-state index is 12.1. The average Bonchev–Trinajstić information content (AvgIpc) is 2.90. The summed E-state index contributed by atoms with van der Waals surface area (Å²) in [5, 5.41) is 8.98. The zero-order valence-corrected chi connectivity index (χ0v) is 11.9. The van der Waals surface area contributed by atoms with Crippen molar-refractivity contribution in [1.29, 1.82) is 0 Å². The van der Waals surface area contributed by atoms with Crippen LogP contribution in [0.4, 0.5) is 0 Å². The lowest BCUT2D eigenvalue weighted by Gasteiger charge is -2.30. The first-order valence-electron chi connectivity index (χ1n) is 6.96. The summed E-state index contributed by atoms with van der Waals surface area (Å²) in [4.78, 5) is 11.0. The van der Waals surface area contributed by atoms with Gasteiger partial charge in [-0.2, -0.15) is 12.7 Å². The lowest BCUT2D eigenvalue weighted by Crippen LogP contribution is -2.48. The summed E-state index contributed by atoms with van der Waals surface area (Å²) in [7, 11) is -3.52. The minimum Gasteiger partial charge on any atom is -0.481 e. The van der Waals surface area contributed by atoms with Crippen molar-refractivity contribution in [3.05, 3.63) is 0 Å². The molecule has 1 unspecified atom stereocenters. The van der Waals surface area contributed by atoms with Gasteiger partial charge < -0.3 is 5.11 Å². The molecule has 0 radical (unpaired) electrons. The lowest BCUT2D eigenvalue weighted by molar-refractivity contribution is -0.142. The third-order valence-electron chi connectivity index (χ3n) is 4.10. The molecule has 1 aliphatic heterocycles. The van der Waals surface area contributed by atoms with Crippen LogP contribution in [0.5, 0.6) is 0 Å². The molecule has 6 nitrogen and oxygen atoms in total. The highest BCUT2D eigenvalue weighted by molar-refractivity contribution is 7.87. The molecule has 0 aromatic rings. The van der Waals surface area contributed by atoms with E-state index in [1.165, 1.54) is 17.1 Å². The summed E-state index contributed by atoms with van der Waals surface area (Å²) >= 11 is 0. The van der Waals surface area contributed by atoms with Gasteiger partial charge in [-0.15, -0.1) is 0 Å². The van der Waals surface area contributed by atoms with Crippen LogP contribution in [0.25, 0.3) is 0 Å². The van der Waals surface area contributed by atoms with Crippen LogP contribution in [-0.2, 0) is 15.0 Å². The first kappa shape index (κ1) is 14.7. The number of rotatable bonds is 5. The fraction of sp³-hybridized carbons (Fsp3) is 0.917. The predicted octanol–water partition coefficient (Wildman–Crippen LogP) is 0.808. The fourth-order valence-corrected chi connectivity index (χ4v) is 4.27. The molecular weight excluding hydrogens is 268 g/mol. The molecule has 2 fully saturated rings. The highest BCUT2D eigenvalue weighted by atomic mass is 32.2. The first-order chi connectivity index (χ1) is 8.99. The maximum absolute atomic E-state index is 12.1. The zero-order valence-electron chi connectivity index (χ0n) is 11.0. The molecule has 2 N–H and O–H groups in total. The molecule has 2 aliphatic rings. The van der Waals surface area contributed by atoms with Crippen LogP contribution in [0.15, 0.2) is 0 Å². The lowest BCUT2D eigenvalue weighted by atomic mass is 10.0. The van der Waals surface area contributed by atoms with E-state index >= 15 is 0 Å². The van der Waals surface area contributed by atoms with Gasteiger partial charge in [-0.05, 0) is 31.6 Å². The molecule has 1 atom stereocenters. The Labute approximate surface area is 114 Å². The standard InChI is InChI=1S/C12H22N2O4S/c15-12(16)11-6-3-7-14(9-11)19(17,18)13-8-10-4-1-2-5-10/h10-11,13H,1-9H2,(H,15,16). The first-order valence-corrected chi connectivity index (χ1v) is 8.40. The normalized spacial score (nSPS) is 26.6. The average molecular weight is 290 g/mol. The van der Waals surface area contributed by atoms with Gasteiger partial charge in [0.15, 0.2) is 0 Å². The molecule has 0 spiro atoms. The van der Waals surface area contributed by atoms with E-state index in [1.54, 1.807) is 0 Å². The number of hydrogen-bond donors (Lipinski definition) is 2. The van der Waals surface area contributed by atoms with Gasteiger partial charge in [-0.3, -0.25) is 4.79 Å². The molecule has 0 aromatic heterocycles. The Kier molecular flexibility index (Phi) is 4.81. The second-order valence-electron chi connectivity index (χ2n) is 5.54. The molecule has 2 rings (SSSR count). The van der Waals surface area contributed by atoms with Crippen molar-refractivity contribution in [3.8, 4) is 0 Å². The van der Waals surface area contributed by atoms with Gasteiger partial charge in [0.05, 0.1) is 5.92 Å². The largest absolute Gasteiger partial charge is 0.481 e. The van der Waals surface area contributed by atoms with E-state index in [0.717, 1.165) is 12.8 Å². The second-order valence-corrected chi connectivity index (χ2v) is 7.29. The van der Waals surface area contributed by atoms with E-state index in [2.05, 4.69) is 4.72 Å². The van der Waals surface area contributed by atoms with Gasteiger partial charge in [0.1, 0.15) is 0 Å². The van der Waals surface area contributed by atoms with Crippen LogP contribution in [-0.4, -0.2) is 43.4 Å². The van der Waals surface area contributed by atoms with E-state index in [9.17, 15) is 13.2 Å². The predicted molar refractivity (Wildman–Crippen MR) is 70.8 cm³/mol. The highest BCUT2D eigenvalue weighted by Crippen LogP contribution is 2.24. The third-order valence-corrected chi connectivity index (χ3v) is 5.65. The van der Waals surface area contributed by atoms with Gasteiger partial charge >= 0.3 is 5.97 Å². The van der Waals surface area contributed by atoms with Crippen molar-refractivity contribution in [3.63, 3.8) is 0 Å². The quantitative estimate of drug-likeness (QED) is 0.784. The van der Waals surface area contributed by atoms with Crippen molar-refractivity contribution in [1.82, 2.24) is 9.03 Å². The van der Waals surface area contributed by atoms with Crippen molar-refractivity contribution < 1.29 is 18.3 Å². The Morgan fingerprint density at radius 2 is 1.89 bits per heavy atom. The van der Waals surface area contributed by atoms with Gasteiger partial charge in [0, 0.05) is 19.6 Å². The zero-order chi connectivity index (χ0) is 13.9. The Morgan fingerprint density at radius 3 is 2.53 bits per heavy atom. The summed E-state index contributed by atoms with van der Waals surface area (Å²) < 4.78 is 28.2. The summed E-state index contributed by atoms with van der Waals surface area (Å²) in [5.41, 5.74) is 0. The Hall–Kier alpha value is -0.660. The molecule has 1 saturated carbocycles. The Bertz CT molecular complexity index is 417. The highest BCUT2D eigenvalue weighted by Gasteiger charge is 2.32. The van der Waals surface area contributed by atoms with Gasteiger partial charge in [0.2, 0.25) is 0 Å². The van der Waals surface area contributed by atoms with Crippen LogP contribution in [0.2, 0.25) is 0 Å². The molecule has 7 heteroatoms. The summed E-state index contributed by atoms with van der Waals surface area (Å²) in [6, 6.07) is 0. The van der Waals surface area contributed by atoms with Crippen molar-refractivity contribution >= 4 is 16.2 Å². The topological polar surface area (TPSA) is 86.7 Å². The minimum absolute atomic E-state index is 0.0926. The number of carbonyl (C=O) groups is 1. The maximum Gasteiger partial charge on any atom is 0.307 e. The third kappa shape index (κ3) is 3.90. The van der Waals surface area contributed by atoms with Crippen LogP contribution >= 0.6 is 0 Å². The molecule has 1 saturated heterocycles. The smallest absolute Gasteiger partial charge is 0.307 e. The van der Waals surface area contributed by atoms with Gasteiger partial charge in [-0.1, -0.05) is 12.8 Å². The minimum atomic E-state index is -3.52. The fourth-order valence-electron chi connectivity index (χ4n) is 2.89. The van der Waals surface area contributed by atoms with Crippen molar-refractivity contribution in [2.45, 2.75) is 38.5 Å². The number of nitrogens with zero attached hydrogens (tertiary/aromatic N) is 1. The molecule has 0 aromatic carbocycles. The molecule has 19 heavy (non-hydrogen) atoms. The molecule has 0 bridgehead atoms. The molecule has 1 aliphatic carbocycles. The molecule has 1 heterocycles. The van der Waals surface area contributed by atoms with E-state index in [1.807, 2.05) is 0 Å². The van der Waals surface area contributed by atoms with Crippen molar-refractivity contribution in [2.75, 3.05) is 19.6 Å². The number of carboxylic acid groups (broad SMARTS) is 1. The van der Waals surface area contributed by atoms with Crippen molar-refractivity contribution in [2.24, 2.45) is 11.8 Å². The number of aliphatic carboxylic acids is 1. The number of hydrogen-bond acceptors (Lipinski definition) is 3. The summed E-state index contributed by atoms with van der Waals surface area (Å²) in [6.45, 7) is 0.996.